The Bertz CT molecular complexity index is 727. The molecule has 138 valence electrons. The maximum atomic E-state index is 12.4. The summed E-state index contributed by atoms with van der Waals surface area (Å²) in [6.07, 6.45) is 2.06. The Morgan fingerprint density at radius 2 is 2.04 bits per heavy atom. The molecule has 6 heteroatoms. The van der Waals surface area contributed by atoms with Crippen LogP contribution in [0.2, 0.25) is 0 Å². The summed E-state index contributed by atoms with van der Waals surface area (Å²) in [7, 11) is 0. The van der Waals surface area contributed by atoms with Crippen LogP contribution in [0.25, 0.3) is 0 Å². The largest absolute Gasteiger partial charge is 0.493 e. The predicted octanol–water partition coefficient (Wildman–Crippen LogP) is 3.73. The molecule has 1 atom stereocenters. The lowest BCUT2D eigenvalue weighted by atomic mass is 10.2. The van der Waals surface area contributed by atoms with Gasteiger partial charge in [-0.15, -0.1) is 11.3 Å². The molecule has 5 nitrogen and oxygen atoms in total. The zero-order valence-electron chi connectivity index (χ0n) is 14.8. The van der Waals surface area contributed by atoms with Gasteiger partial charge in [0.1, 0.15) is 5.75 Å². The summed E-state index contributed by atoms with van der Waals surface area (Å²) in [6, 6.07) is 11.8. The zero-order chi connectivity index (χ0) is 18.4. The number of carbonyl (C=O) groups excluding carboxylic acids is 2. The smallest absolute Gasteiger partial charge is 0.309 e. The van der Waals surface area contributed by atoms with Crippen LogP contribution >= 0.6 is 11.3 Å². The van der Waals surface area contributed by atoms with E-state index in [-0.39, 0.29) is 31.6 Å². The Kier molecular flexibility index (Phi) is 6.28. The van der Waals surface area contributed by atoms with Crippen molar-refractivity contribution in [1.29, 1.82) is 0 Å². The van der Waals surface area contributed by atoms with Crippen LogP contribution in [0, 0.1) is 6.92 Å². The molecule has 0 saturated carbocycles. The van der Waals surface area contributed by atoms with Crippen LogP contribution in [0.1, 0.15) is 35.7 Å². The van der Waals surface area contributed by atoms with E-state index in [1.165, 1.54) is 4.88 Å². The standard InChI is InChI=1S/C20H23NO4S/c1-15-6-8-16(9-7-15)24-12-10-20(23)25-14-19(22)21-11-2-4-17(21)18-5-3-13-26-18/h3,5-9,13,17H,2,4,10-12,14H2,1H3. The van der Waals surface area contributed by atoms with E-state index < -0.39 is 5.97 Å². The monoisotopic (exact) mass is 373 g/mol. The molecule has 1 amide bonds. The number of thiophene rings is 1. The van der Waals surface area contributed by atoms with Crippen molar-refractivity contribution in [2.24, 2.45) is 0 Å². The van der Waals surface area contributed by atoms with Crippen LogP contribution in [0.4, 0.5) is 0 Å². The van der Waals surface area contributed by atoms with Gasteiger partial charge < -0.3 is 14.4 Å². The van der Waals surface area contributed by atoms with Gasteiger partial charge in [0.2, 0.25) is 0 Å². The lowest BCUT2D eigenvalue weighted by Gasteiger charge is -2.23. The van der Waals surface area contributed by atoms with Crippen molar-refractivity contribution in [2.75, 3.05) is 19.8 Å². The third kappa shape index (κ3) is 4.85. The fraction of sp³-hybridized carbons (Fsp3) is 0.400. The van der Waals surface area contributed by atoms with Crippen molar-refractivity contribution in [3.8, 4) is 5.75 Å². The molecule has 1 saturated heterocycles. The minimum absolute atomic E-state index is 0.117. The molecule has 0 spiro atoms. The van der Waals surface area contributed by atoms with Gasteiger partial charge in [0.05, 0.1) is 19.1 Å². The third-order valence-electron chi connectivity index (χ3n) is 4.40. The van der Waals surface area contributed by atoms with Crippen LogP contribution < -0.4 is 4.74 Å². The van der Waals surface area contributed by atoms with Crippen molar-refractivity contribution in [3.05, 3.63) is 52.2 Å². The van der Waals surface area contributed by atoms with Gasteiger partial charge in [-0.2, -0.15) is 0 Å². The number of hydrogen-bond donors (Lipinski definition) is 0. The summed E-state index contributed by atoms with van der Waals surface area (Å²) < 4.78 is 10.6. The van der Waals surface area contributed by atoms with Crippen molar-refractivity contribution < 1.29 is 19.1 Å². The number of aryl methyl sites for hydroxylation is 1. The maximum absolute atomic E-state index is 12.4. The molecule has 26 heavy (non-hydrogen) atoms. The lowest BCUT2D eigenvalue weighted by molar-refractivity contribution is -0.152. The van der Waals surface area contributed by atoms with E-state index in [1.54, 1.807) is 11.3 Å². The van der Waals surface area contributed by atoms with Gasteiger partial charge >= 0.3 is 5.97 Å². The molecule has 0 bridgehead atoms. The van der Waals surface area contributed by atoms with Gasteiger partial charge in [0, 0.05) is 11.4 Å². The second-order valence-electron chi connectivity index (χ2n) is 6.33. The Morgan fingerprint density at radius 3 is 2.77 bits per heavy atom. The topological polar surface area (TPSA) is 55.8 Å². The fourth-order valence-corrected chi connectivity index (χ4v) is 3.90. The molecular weight excluding hydrogens is 350 g/mol. The molecular formula is C20H23NO4S. The quantitative estimate of drug-likeness (QED) is 0.694. The first kappa shape index (κ1) is 18.5. The van der Waals surface area contributed by atoms with E-state index in [1.807, 2.05) is 47.5 Å². The van der Waals surface area contributed by atoms with Crippen molar-refractivity contribution in [1.82, 2.24) is 4.90 Å². The van der Waals surface area contributed by atoms with Crippen LogP contribution in [0.15, 0.2) is 41.8 Å². The summed E-state index contributed by atoms with van der Waals surface area (Å²) in [6.45, 7) is 2.75. The molecule has 1 fully saturated rings. The summed E-state index contributed by atoms with van der Waals surface area (Å²) in [4.78, 5) is 27.3. The SMILES string of the molecule is Cc1ccc(OCCC(=O)OCC(=O)N2CCCC2c2cccs2)cc1. The van der Waals surface area contributed by atoms with Gasteiger partial charge in [0.25, 0.3) is 5.91 Å². The fourth-order valence-electron chi connectivity index (χ4n) is 3.03. The highest BCUT2D eigenvalue weighted by atomic mass is 32.1. The Labute approximate surface area is 157 Å². The van der Waals surface area contributed by atoms with E-state index in [0.29, 0.717) is 0 Å². The maximum Gasteiger partial charge on any atom is 0.309 e. The van der Waals surface area contributed by atoms with Crippen LogP contribution in [-0.2, 0) is 14.3 Å². The second-order valence-corrected chi connectivity index (χ2v) is 7.31. The van der Waals surface area contributed by atoms with E-state index in [0.717, 1.165) is 30.7 Å². The summed E-state index contributed by atoms with van der Waals surface area (Å²) in [5, 5.41) is 2.02. The minimum Gasteiger partial charge on any atom is -0.493 e. The number of amides is 1. The molecule has 1 unspecified atom stereocenters. The molecule has 1 aliphatic rings. The molecule has 1 aromatic carbocycles. The van der Waals surface area contributed by atoms with Crippen molar-refractivity contribution in [2.45, 2.75) is 32.2 Å². The number of ether oxygens (including phenoxy) is 2. The molecule has 1 aliphatic heterocycles. The van der Waals surface area contributed by atoms with Crippen molar-refractivity contribution >= 4 is 23.2 Å². The molecule has 2 aromatic rings. The molecule has 0 aliphatic carbocycles. The number of carbonyl (C=O) groups is 2. The first-order valence-electron chi connectivity index (χ1n) is 8.81. The van der Waals surface area contributed by atoms with E-state index in [4.69, 9.17) is 9.47 Å². The average Bonchev–Trinajstić information content (AvgIpc) is 3.32. The van der Waals surface area contributed by atoms with Gasteiger partial charge in [-0.1, -0.05) is 23.8 Å². The molecule has 0 radical (unpaired) electrons. The third-order valence-corrected chi connectivity index (χ3v) is 5.37. The van der Waals surface area contributed by atoms with Gasteiger partial charge in [0.15, 0.2) is 6.61 Å². The second kappa shape index (κ2) is 8.85. The number of rotatable bonds is 7. The van der Waals surface area contributed by atoms with E-state index in [2.05, 4.69) is 6.07 Å². The van der Waals surface area contributed by atoms with Gasteiger partial charge in [-0.25, -0.2) is 0 Å². The summed E-state index contributed by atoms with van der Waals surface area (Å²) >= 11 is 1.66. The number of likely N-dealkylation sites (tertiary alicyclic amines) is 1. The molecule has 3 rings (SSSR count). The van der Waals surface area contributed by atoms with E-state index in [9.17, 15) is 9.59 Å². The summed E-state index contributed by atoms with van der Waals surface area (Å²) in [5.41, 5.74) is 1.15. The van der Waals surface area contributed by atoms with Gasteiger partial charge in [-0.3, -0.25) is 9.59 Å². The van der Waals surface area contributed by atoms with Crippen LogP contribution in [-0.4, -0.2) is 36.5 Å². The molecule has 1 aromatic heterocycles. The first-order valence-corrected chi connectivity index (χ1v) is 9.69. The number of benzene rings is 1. The lowest BCUT2D eigenvalue weighted by Crippen LogP contribution is -2.34. The normalized spacial score (nSPS) is 16.5. The Morgan fingerprint density at radius 1 is 1.23 bits per heavy atom. The van der Waals surface area contributed by atoms with Crippen molar-refractivity contribution in [3.63, 3.8) is 0 Å². The van der Waals surface area contributed by atoms with E-state index >= 15 is 0 Å². The minimum atomic E-state index is -0.419. The highest BCUT2D eigenvalue weighted by Crippen LogP contribution is 2.34. The number of hydrogen-bond acceptors (Lipinski definition) is 5. The van der Waals surface area contributed by atoms with Gasteiger partial charge in [-0.05, 0) is 43.3 Å². The Balaban J connectivity index is 1.39. The molecule has 0 N–H and O–H groups in total. The van der Waals surface area contributed by atoms with Crippen LogP contribution in [0.5, 0.6) is 5.75 Å². The average molecular weight is 373 g/mol. The Hall–Kier alpha value is -2.34. The van der Waals surface area contributed by atoms with Crippen LogP contribution in [0.3, 0.4) is 0 Å². The predicted molar refractivity (Wildman–Crippen MR) is 100 cm³/mol. The number of esters is 1. The summed E-state index contributed by atoms with van der Waals surface area (Å²) in [5.74, 6) is 0.168. The first-order chi connectivity index (χ1) is 12.6. The highest BCUT2D eigenvalue weighted by molar-refractivity contribution is 7.10. The zero-order valence-corrected chi connectivity index (χ0v) is 15.7. The molecule has 2 heterocycles. The highest BCUT2D eigenvalue weighted by Gasteiger charge is 2.30. The number of nitrogens with zero attached hydrogens (tertiary/aromatic N) is 1.